The maximum absolute atomic E-state index is 10.2. The Balaban J connectivity index is 3.40. The summed E-state index contributed by atoms with van der Waals surface area (Å²) in [7, 11) is 0. The van der Waals surface area contributed by atoms with Crippen LogP contribution in [0.3, 0.4) is 0 Å². The maximum Gasteiger partial charge on any atom is 0.284 e. The molecule has 0 fully saturated rings. The fourth-order valence-electron chi connectivity index (χ4n) is 0.227. The van der Waals surface area contributed by atoms with Crippen molar-refractivity contribution in [3.05, 3.63) is 12.3 Å². The first-order chi connectivity index (χ1) is 3.66. The minimum atomic E-state index is -0.0746. The third kappa shape index (κ3) is 4.11. The summed E-state index contributed by atoms with van der Waals surface area (Å²) in [4.78, 5) is 10.2. The highest BCUT2D eigenvalue weighted by Crippen LogP contribution is 1.93. The van der Waals surface area contributed by atoms with Gasteiger partial charge in [0.25, 0.3) is 3.91 Å². The first kappa shape index (κ1) is 7.94. The molecule has 3 heteroatoms. The Hall–Kier alpha value is -0.0600. The smallest absolute Gasteiger partial charge is 0.284 e. The summed E-state index contributed by atoms with van der Waals surface area (Å²) < 4.78 is -0.0746. The van der Waals surface area contributed by atoms with Crippen molar-refractivity contribution in [3.63, 3.8) is 0 Å². The van der Waals surface area contributed by atoms with Crippen molar-refractivity contribution in [2.75, 3.05) is 0 Å². The highest BCUT2D eigenvalue weighted by atomic mass is 127. The van der Waals surface area contributed by atoms with Crippen LogP contribution < -0.4 is 5.32 Å². The molecule has 0 aliphatic carbocycles. The monoisotopic (exact) mass is 225 g/mol. The summed E-state index contributed by atoms with van der Waals surface area (Å²) in [6, 6.07) is 0. The van der Waals surface area contributed by atoms with Gasteiger partial charge in [-0.15, -0.1) is 0 Å². The zero-order valence-electron chi connectivity index (χ0n) is 4.70. The Kier molecular flexibility index (Phi) is 3.85. The lowest BCUT2D eigenvalue weighted by Gasteiger charge is -1.97. The number of allylic oxidation sites excluding steroid dienone is 1. The van der Waals surface area contributed by atoms with Gasteiger partial charge in [-0.1, -0.05) is 13.5 Å². The summed E-state index contributed by atoms with van der Waals surface area (Å²) in [5.74, 6) is 0. The van der Waals surface area contributed by atoms with Crippen LogP contribution >= 0.6 is 22.6 Å². The molecule has 0 aromatic heterocycles. The van der Waals surface area contributed by atoms with Crippen LogP contribution in [0.5, 0.6) is 0 Å². The number of nitrogens with one attached hydrogen (secondary N) is 1. The Morgan fingerprint density at radius 1 is 1.88 bits per heavy atom. The van der Waals surface area contributed by atoms with Gasteiger partial charge in [0, 0.05) is 28.3 Å². The van der Waals surface area contributed by atoms with Gasteiger partial charge in [0.2, 0.25) is 0 Å². The van der Waals surface area contributed by atoms with E-state index in [-0.39, 0.29) is 3.91 Å². The summed E-state index contributed by atoms with van der Waals surface area (Å²) in [5, 5.41) is 2.55. The largest absolute Gasteiger partial charge is 0.322 e. The molecule has 0 atom stereocenters. The second-order valence-electron chi connectivity index (χ2n) is 1.36. The maximum atomic E-state index is 10.2. The lowest BCUT2D eigenvalue weighted by Crippen LogP contribution is -2.12. The van der Waals surface area contributed by atoms with Crippen molar-refractivity contribution >= 4 is 26.5 Å². The topological polar surface area (TPSA) is 29.1 Å². The average molecular weight is 225 g/mol. The van der Waals surface area contributed by atoms with E-state index in [1.807, 2.05) is 6.92 Å². The molecular formula is C5H8INO. The zero-order chi connectivity index (χ0) is 6.57. The van der Waals surface area contributed by atoms with Gasteiger partial charge >= 0.3 is 0 Å². The SMILES string of the molecule is C=C(CC)NC(=O)I. The summed E-state index contributed by atoms with van der Waals surface area (Å²) in [5.41, 5.74) is 0.768. The first-order valence-electron chi connectivity index (χ1n) is 2.31. The number of carbonyl (C=O) groups excluding carboxylic acids is 1. The third-order valence-corrected chi connectivity index (χ3v) is 0.972. The van der Waals surface area contributed by atoms with E-state index in [4.69, 9.17) is 0 Å². The van der Waals surface area contributed by atoms with Crippen LogP contribution in [0.25, 0.3) is 0 Å². The van der Waals surface area contributed by atoms with Crippen molar-refractivity contribution in [1.29, 1.82) is 0 Å². The molecule has 0 aliphatic heterocycles. The van der Waals surface area contributed by atoms with Gasteiger partial charge in [0.05, 0.1) is 0 Å². The van der Waals surface area contributed by atoms with Crippen LogP contribution in [-0.2, 0) is 0 Å². The molecule has 0 rings (SSSR count). The molecule has 0 aromatic rings. The molecule has 46 valence electrons. The third-order valence-electron chi connectivity index (χ3n) is 0.702. The Bertz CT molecular complexity index is 111. The van der Waals surface area contributed by atoms with Crippen LogP contribution in [0.1, 0.15) is 13.3 Å². The lowest BCUT2D eigenvalue weighted by molar-refractivity contribution is 0.265. The van der Waals surface area contributed by atoms with Gasteiger partial charge in [-0.2, -0.15) is 0 Å². The summed E-state index contributed by atoms with van der Waals surface area (Å²) in [6.07, 6.45) is 0.800. The molecule has 0 heterocycles. The Morgan fingerprint density at radius 3 is 2.50 bits per heavy atom. The molecule has 0 saturated heterocycles. The van der Waals surface area contributed by atoms with E-state index in [9.17, 15) is 4.79 Å². The van der Waals surface area contributed by atoms with Gasteiger partial charge in [0.1, 0.15) is 0 Å². The highest BCUT2D eigenvalue weighted by Gasteiger charge is 1.91. The van der Waals surface area contributed by atoms with E-state index >= 15 is 0 Å². The predicted octanol–water partition coefficient (Wildman–Crippen LogP) is 2.05. The van der Waals surface area contributed by atoms with Crippen molar-refractivity contribution in [2.24, 2.45) is 0 Å². The Labute approximate surface area is 62.5 Å². The molecule has 0 unspecified atom stereocenters. The first-order valence-corrected chi connectivity index (χ1v) is 3.39. The van der Waals surface area contributed by atoms with E-state index in [1.165, 1.54) is 0 Å². The van der Waals surface area contributed by atoms with Gasteiger partial charge in [-0.05, 0) is 6.42 Å². The van der Waals surface area contributed by atoms with Crippen LogP contribution in [-0.4, -0.2) is 3.91 Å². The zero-order valence-corrected chi connectivity index (χ0v) is 6.86. The van der Waals surface area contributed by atoms with Gasteiger partial charge in [-0.25, -0.2) is 0 Å². The molecular weight excluding hydrogens is 217 g/mol. The van der Waals surface area contributed by atoms with Crippen molar-refractivity contribution in [1.82, 2.24) is 5.32 Å². The number of hydrogen-bond donors (Lipinski definition) is 1. The standard InChI is InChI=1S/C5H8INO/c1-3-4(2)7-5(6)8/h2-3H2,1H3,(H,7,8). The quantitative estimate of drug-likeness (QED) is 0.435. The molecule has 0 bridgehead atoms. The Morgan fingerprint density at radius 2 is 2.38 bits per heavy atom. The van der Waals surface area contributed by atoms with Crippen LogP contribution in [0.15, 0.2) is 12.3 Å². The summed E-state index contributed by atoms with van der Waals surface area (Å²) >= 11 is 1.67. The van der Waals surface area contributed by atoms with Crippen molar-refractivity contribution in [2.45, 2.75) is 13.3 Å². The fourth-order valence-corrected chi connectivity index (χ4v) is 0.609. The van der Waals surface area contributed by atoms with Crippen molar-refractivity contribution < 1.29 is 4.79 Å². The molecule has 0 aromatic carbocycles. The van der Waals surface area contributed by atoms with Crippen LogP contribution in [0.4, 0.5) is 4.79 Å². The van der Waals surface area contributed by atoms with Crippen LogP contribution in [0, 0.1) is 0 Å². The van der Waals surface area contributed by atoms with E-state index in [0.717, 1.165) is 12.1 Å². The number of hydrogen-bond acceptors (Lipinski definition) is 1. The van der Waals surface area contributed by atoms with Crippen molar-refractivity contribution in [3.8, 4) is 0 Å². The predicted molar refractivity (Wildman–Crippen MR) is 42.0 cm³/mol. The normalized spacial score (nSPS) is 8.25. The number of carbonyl (C=O) groups is 1. The average Bonchev–Trinajstić information content (AvgIpc) is 1.65. The second kappa shape index (κ2) is 3.88. The fraction of sp³-hybridized carbons (Fsp3) is 0.400. The molecule has 0 radical (unpaired) electrons. The van der Waals surface area contributed by atoms with E-state index < -0.39 is 0 Å². The molecule has 0 spiro atoms. The van der Waals surface area contributed by atoms with E-state index in [2.05, 4.69) is 11.9 Å². The molecule has 0 aliphatic rings. The molecule has 0 saturated carbocycles. The van der Waals surface area contributed by atoms with Crippen LogP contribution in [0.2, 0.25) is 0 Å². The molecule has 8 heavy (non-hydrogen) atoms. The molecule has 1 N–H and O–H groups in total. The second-order valence-corrected chi connectivity index (χ2v) is 2.34. The number of rotatable bonds is 2. The summed E-state index contributed by atoms with van der Waals surface area (Å²) in [6.45, 7) is 5.52. The van der Waals surface area contributed by atoms with E-state index in [0.29, 0.717) is 0 Å². The number of halogens is 1. The number of amides is 1. The minimum absolute atomic E-state index is 0.0746. The lowest BCUT2D eigenvalue weighted by atomic mass is 10.4. The molecule has 2 nitrogen and oxygen atoms in total. The van der Waals surface area contributed by atoms with E-state index in [1.54, 1.807) is 22.6 Å². The minimum Gasteiger partial charge on any atom is -0.322 e. The highest BCUT2D eigenvalue weighted by molar-refractivity contribution is 14.1. The van der Waals surface area contributed by atoms with Gasteiger partial charge in [-0.3, -0.25) is 4.79 Å². The van der Waals surface area contributed by atoms with Gasteiger partial charge < -0.3 is 5.32 Å². The molecule has 1 amide bonds. The van der Waals surface area contributed by atoms with Gasteiger partial charge in [0.15, 0.2) is 0 Å².